The molecule has 0 saturated heterocycles. The maximum absolute atomic E-state index is 5.20. The SMILES string of the molecule is c1ccc(-c2nc(-c3ccccc3)nc(-c3ccc(C4CCc5cc6ccccc6cc5-c5c4ccc4ccccc54)c4sc5ccccc5c34)n2)cc1. The molecule has 1 unspecified atom stereocenters. The van der Waals surface area contributed by atoms with Gasteiger partial charge in [-0.05, 0) is 74.3 Å². The van der Waals surface area contributed by atoms with E-state index in [9.17, 15) is 0 Å². The van der Waals surface area contributed by atoms with Crippen molar-refractivity contribution in [3.63, 3.8) is 0 Å². The Morgan fingerprint density at radius 2 is 1.06 bits per heavy atom. The lowest BCUT2D eigenvalue weighted by Crippen LogP contribution is -2.04. The zero-order valence-corrected chi connectivity index (χ0v) is 30.2. The Kier molecular flexibility index (Phi) is 7.24. The number of benzene rings is 8. The van der Waals surface area contributed by atoms with E-state index in [4.69, 9.17) is 15.0 Å². The standard InChI is InChI=1S/C50H33N3S/c1-3-14-32(15-4-1)48-51-49(33-16-5-2-6-17-33)53-50(52-48)42-28-27-40(47-46(42)41-21-11-12-22-44(41)54-47)38-25-24-36-29-34-18-7-8-19-35(34)30-43(36)45-37-20-10-9-13-31(37)23-26-39(38)45/h1-23,26-30,38H,24-25H2. The van der Waals surface area contributed by atoms with Crippen LogP contribution in [0.5, 0.6) is 0 Å². The molecule has 0 saturated carbocycles. The number of hydrogen-bond donors (Lipinski definition) is 0. The lowest BCUT2D eigenvalue weighted by atomic mass is 9.82. The lowest BCUT2D eigenvalue weighted by molar-refractivity contribution is 0.732. The molecular formula is C50H33N3S. The van der Waals surface area contributed by atoms with Gasteiger partial charge in [0.05, 0.1) is 0 Å². The summed E-state index contributed by atoms with van der Waals surface area (Å²) in [6.07, 6.45) is 2.01. The molecule has 1 atom stereocenters. The number of fused-ring (bicyclic) bond motifs is 9. The van der Waals surface area contributed by atoms with Gasteiger partial charge < -0.3 is 0 Å². The molecule has 0 fully saturated rings. The fourth-order valence-corrected chi connectivity index (χ4v) is 9.92. The van der Waals surface area contributed by atoms with Gasteiger partial charge in [0.2, 0.25) is 0 Å². The number of aryl methyl sites for hydroxylation is 1. The second-order valence-electron chi connectivity index (χ2n) is 14.2. The first kappa shape index (κ1) is 31.1. The third-order valence-corrected chi connectivity index (χ3v) is 12.4. The molecule has 0 radical (unpaired) electrons. The molecule has 0 aliphatic heterocycles. The van der Waals surface area contributed by atoms with E-state index in [0.717, 1.165) is 29.5 Å². The van der Waals surface area contributed by atoms with Crippen LogP contribution >= 0.6 is 11.3 Å². The van der Waals surface area contributed by atoms with Crippen LogP contribution in [0.1, 0.15) is 29.0 Å². The highest BCUT2D eigenvalue weighted by Crippen LogP contribution is 2.50. The predicted molar refractivity (Wildman–Crippen MR) is 226 cm³/mol. The van der Waals surface area contributed by atoms with E-state index in [2.05, 4.69) is 133 Å². The van der Waals surface area contributed by atoms with Crippen LogP contribution in [0.25, 0.3) is 87.0 Å². The van der Waals surface area contributed by atoms with Crippen LogP contribution < -0.4 is 0 Å². The van der Waals surface area contributed by atoms with Gasteiger partial charge in [0, 0.05) is 42.8 Å². The van der Waals surface area contributed by atoms with Crippen molar-refractivity contribution in [2.45, 2.75) is 18.8 Å². The van der Waals surface area contributed by atoms with Gasteiger partial charge in [0.25, 0.3) is 0 Å². The molecule has 11 rings (SSSR count). The van der Waals surface area contributed by atoms with Crippen molar-refractivity contribution < 1.29 is 0 Å². The molecule has 4 heteroatoms. The van der Waals surface area contributed by atoms with Crippen molar-refractivity contribution >= 4 is 53.1 Å². The van der Waals surface area contributed by atoms with Gasteiger partial charge in [-0.15, -0.1) is 11.3 Å². The Labute approximate surface area is 317 Å². The fourth-order valence-electron chi connectivity index (χ4n) is 8.62. The summed E-state index contributed by atoms with van der Waals surface area (Å²) in [7, 11) is 0. The smallest absolute Gasteiger partial charge is 0.164 e. The molecule has 254 valence electrons. The van der Waals surface area contributed by atoms with Crippen molar-refractivity contribution in [1.29, 1.82) is 0 Å². The van der Waals surface area contributed by atoms with Gasteiger partial charge >= 0.3 is 0 Å². The summed E-state index contributed by atoms with van der Waals surface area (Å²) in [5.74, 6) is 2.23. The zero-order chi connectivity index (χ0) is 35.6. The normalized spacial score (nSPS) is 14.0. The van der Waals surface area contributed by atoms with E-state index in [1.165, 1.54) is 69.5 Å². The summed E-state index contributed by atoms with van der Waals surface area (Å²) in [4.78, 5) is 15.4. The molecule has 8 aromatic carbocycles. The predicted octanol–water partition coefficient (Wildman–Crippen LogP) is 13.3. The van der Waals surface area contributed by atoms with E-state index in [1.54, 1.807) is 0 Å². The Morgan fingerprint density at radius 1 is 0.463 bits per heavy atom. The Bertz CT molecular complexity index is 3000. The first-order valence-corrected chi connectivity index (χ1v) is 19.4. The molecule has 0 spiro atoms. The van der Waals surface area contributed by atoms with Gasteiger partial charge in [-0.25, -0.2) is 15.0 Å². The molecule has 0 amide bonds. The van der Waals surface area contributed by atoms with Gasteiger partial charge in [-0.2, -0.15) is 0 Å². The number of thiophene rings is 1. The Morgan fingerprint density at radius 3 is 1.80 bits per heavy atom. The molecule has 10 aromatic rings. The lowest BCUT2D eigenvalue weighted by Gasteiger charge is -2.22. The van der Waals surface area contributed by atoms with Crippen molar-refractivity contribution in [2.75, 3.05) is 0 Å². The number of aromatic nitrogens is 3. The van der Waals surface area contributed by atoms with Crippen LogP contribution in [0.15, 0.2) is 170 Å². The summed E-state index contributed by atoms with van der Waals surface area (Å²) >= 11 is 1.89. The first-order chi connectivity index (χ1) is 26.8. The highest BCUT2D eigenvalue weighted by Gasteiger charge is 2.29. The zero-order valence-electron chi connectivity index (χ0n) is 29.4. The van der Waals surface area contributed by atoms with Crippen molar-refractivity contribution in [3.8, 4) is 45.3 Å². The van der Waals surface area contributed by atoms with Crippen LogP contribution in [0.4, 0.5) is 0 Å². The minimum absolute atomic E-state index is 0.197. The monoisotopic (exact) mass is 707 g/mol. The van der Waals surface area contributed by atoms with Crippen LogP contribution in [0, 0.1) is 0 Å². The molecule has 54 heavy (non-hydrogen) atoms. The van der Waals surface area contributed by atoms with Crippen LogP contribution in [0.3, 0.4) is 0 Å². The second kappa shape index (κ2) is 12.6. The minimum Gasteiger partial charge on any atom is -0.208 e. The average molecular weight is 708 g/mol. The highest BCUT2D eigenvalue weighted by molar-refractivity contribution is 7.26. The topological polar surface area (TPSA) is 38.7 Å². The fraction of sp³-hybridized carbons (Fsp3) is 0.0600. The van der Waals surface area contributed by atoms with E-state index < -0.39 is 0 Å². The third kappa shape index (κ3) is 5.06. The molecule has 3 nitrogen and oxygen atoms in total. The van der Waals surface area contributed by atoms with Crippen molar-refractivity contribution in [2.24, 2.45) is 0 Å². The first-order valence-electron chi connectivity index (χ1n) is 18.6. The maximum atomic E-state index is 5.20. The molecule has 2 aromatic heterocycles. The third-order valence-electron chi connectivity index (χ3n) is 11.2. The van der Waals surface area contributed by atoms with Crippen molar-refractivity contribution in [3.05, 3.63) is 187 Å². The average Bonchev–Trinajstić information content (AvgIpc) is 3.56. The molecule has 2 heterocycles. The summed E-state index contributed by atoms with van der Waals surface area (Å²) in [5.41, 5.74) is 9.88. The quantitative estimate of drug-likeness (QED) is 0.183. The van der Waals surface area contributed by atoms with Gasteiger partial charge in [0.15, 0.2) is 17.5 Å². The van der Waals surface area contributed by atoms with Gasteiger partial charge in [0.1, 0.15) is 0 Å². The van der Waals surface area contributed by atoms with Crippen LogP contribution in [-0.4, -0.2) is 15.0 Å². The maximum Gasteiger partial charge on any atom is 0.164 e. The number of nitrogens with zero attached hydrogens (tertiary/aromatic N) is 3. The number of hydrogen-bond acceptors (Lipinski definition) is 4. The molecular weight excluding hydrogens is 675 g/mol. The van der Waals surface area contributed by atoms with E-state index >= 15 is 0 Å². The van der Waals surface area contributed by atoms with Crippen LogP contribution in [-0.2, 0) is 6.42 Å². The van der Waals surface area contributed by atoms with Gasteiger partial charge in [-0.3, -0.25) is 0 Å². The van der Waals surface area contributed by atoms with Crippen molar-refractivity contribution in [1.82, 2.24) is 15.0 Å². The summed E-state index contributed by atoms with van der Waals surface area (Å²) in [5, 5.41) is 7.62. The van der Waals surface area contributed by atoms with Crippen LogP contribution in [0.2, 0.25) is 0 Å². The Balaban J connectivity index is 1.17. The molecule has 0 bridgehead atoms. The second-order valence-corrected chi connectivity index (χ2v) is 15.3. The summed E-state index contributed by atoms with van der Waals surface area (Å²) in [6, 6.07) is 61.2. The molecule has 0 N–H and O–H groups in total. The van der Waals surface area contributed by atoms with E-state index in [1.807, 2.05) is 47.7 Å². The number of rotatable bonds is 4. The van der Waals surface area contributed by atoms with E-state index in [0.29, 0.717) is 17.5 Å². The summed E-state index contributed by atoms with van der Waals surface area (Å²) < 4.78 is 2.57. The largest absolute Gasteiger partial charge is 0.208 e. The molecule has 1 aliphatic rings. The summed E-state index contributed by atoms with van der Waals surface area (Å²) in [6.45, 7) is 0. The highest BCUT2D eigenvalue weighted by atomic mass is 32.1. The minimum atomic E-state index is 0.197. The van der Waals surface area contributed by atoms with E-state index in [-0.39, 0.29) is 5.92 Å². The molecule has 1 aliphatic carbocycles. The van der Waals surface area contributed by atoms with Gasteiger partial charge in [-0.1, -0.05) is 158 Å². The Hall–Kier alpha value is -6.49.